The molecule has 0 radical (unpaired) electrons. The maximum Gasteiger partial charge on any atom is 0.233 e. The van der Waals surface area contributed by atoms with E-state index in [1.54, 1.807) is 18.5 Å². The molecule has 2 fully saturated rings. The van der Waals surface area contributed by atoms with Crippen LogP contribution in [0.4, 0.5) is 0 Å². The van der Waals surface area contributed by atoms with E-state index in [-0.39, 0.29) is 12.0 Å². The number of hydrogen-bond acceptors (Lipinski definition) is 4. The second-order valence-electron chi connectivity index (χ2n) is 7.15. The van der Waals surface area contributed by atoms with Crippen molar-refractivity contribution in [3.63, 3.8) is 0 Å². The van der Waals surface area contributed by atoms with Gasteiger partial charge in [-0.15, -0.1) is 0 Å². The van der Waals surface area contributed by atoms with Gasteiger partial charge in [-0.1, -0.05) is 41.9 Å². The minimum absolute atomic E-state index is 0.0542. The highest BCUT2D eigenvalue weighted by molar-refractivity contribution is 6.31. The third-order valence-corrected chi connectivity index (χ3v) is 5.83. The number of pyridine rings is 1. The highest BCUT2D eigenvalue weighted by Gasteiger charge is 2.45. The fraction of sp³-hybridized carbons (Fsp3) is 0.429. The van der Waals surface area contributed by atoms with E-state index in [0.717, 1.165) is 12.0 Å². The van der Waals surface area contributed by atoms with Crippen LogP contribution in [0.25, 0.3) is 0 Å². The first-order valence-corrected chi connectivity index (χ1v) is 9.76. The molecule has 4 rings (SSSR count). The minimum Gasteiger partial charge on any atom is -0.487 e. The largest absolute Gasteiger partial charge is 0.487 e. The molecule has 0 aliphatic carbocycles. The smallest absolute Gasteiger partial charge is 0.233 e. The van der Waals surface area contributed by atoms with E-state index in [9.17, 15) is 4.79 Å². The lowest BCUT2D eigenvalue weighted by Crippen LogP contribution is -2.49. The number of carbonyl (C=O) groups excluding carboxylic acids is 1. The fourth-order valence-corrected chi connectivity index (χ4v) is 4.22. The van der Waals surface area contributed by atoms with Gasteiger partial charge in [-0.3, -0.25) is 9.78 Å². The van der Waals surface area contributed by atoms with Gasteiger partial charge in [-0.2, -0.15) is 0 Å². The Balaban J connectivity index is 1.50. The zero-order valence-corrected chi connectivity index (χ0v) is 15.9. The van der Waals surface area contributed by atoms with E-state index in [1.165, 1.54) is 0 Å². The molecule has 3 heterocycles. The lowest BCUT2D eigenvalue weighted by molar-refractivity contribution is -0.140. The summed E-state index contributed by atoms with van der Waals surface area (Å²) in [6.45, 7) is 2.50. The van der Waals surface area contributed by atoms with E-state index < -0.39 is 5.41 Å². The number of rotatable bonds is 4. The number of ether oxygens (including phenoxy) is 2. The topological polar surface area (TPSA) is 51.7 Å². The first-order valence-electron chi connectivity index (χ1n) is 9.38. The lowest BCUT2D eigenvalue weighted by atomic mass is 9.73. The molecule has 6 heteroatoms. The Labute approximate surface area is 164 Å². The van der Waals surface area contributed by atoms with Gasteiger partial charge in [-0.25, -0.2) is 0 Å². The lowest BCUT2D eigenvalue weighted by Gasteiger charge is -2.39. The Morgan fingerprint density at radius 3 is 2.74 bits per heavy atom. The Bertz CT molecular complexity index is 793. The maximum atomic E-state index is 13.6. The third kappa shape index (κ3) is 3.66. The van der Waals surface area contributed by atoms with Crippen molar-refractivity contribution in [1.82, 2.24) is 9.88 Å². The summed E-state index contributed by atoms with van der Waals surface area (Å²) < 4.78 is 11.6. The van der Waals surface area contributed by atoms with E-state index in [4.69, 9.17) is 21.1 Å². The van der Waals surface area contributed by atoms with E-state index in [2.05, 4.69) is 17.1 Å². The molecule has 2 saturated heterocycles. The fourth-order valence-electron chi connectivity index (χ4n) is 4.05. The van der Waals surface area contributed by atoms with Crippen molar-refractivity contribution in [1.29, 1.82) is 0 Å². The minimum atomic E-state index is -0.497. The summed E-state index contributed by atoms with van der Waals surface area (Å²) in [5.74, 6) is 0.804. The van der Waals surface area contributed by atoms with Gasteiger partial charge in [-0.05, 0) is 18.4 Å². The van der Waals surface area contributed by atoms with Crippen molar-refractivity contribution in [3.05, 3.63) is 59.4 Å². The van der Waals surface area contributed by atoms with Gasteiger partial charge >= 0.3 is 0 Å². The quantitative estimate of drug-likeness (QED) is 0.807. The first-order chi connectivity index (χ1) is 13.2. The molecular weight excluding hydrogens is 364 g/mol. The van der Waals surface area contributed by atoms with Crippen LogP contribution >= 0.6 is 11.6 Å². The Morgan fingerprint density at radius 1 is 1.22 bits per heavy atom. The van der Waals surface area contributed by atoms with Crippen LogP contribution in [0.5, 0.6) is 5.75 Å². The van der Waals surface area contributed by atoms with Gasteiger partial charge in [0.25, 0.3) is 0 Å². The Hall–Kier alpha value is -2.11. The molecular formula is C21H23ClN2O3. The number of hydrogen-bond donors (Lipinski definition) is 0. The van der Waals surface area contributed by atoms with Gasteiger partial charge in [0.05, 0.1) is 12.0 Å². The summed E-state index contributed by atoms with van der Waals surface area (Å²) in [4.78, 5) is 19.5. The van der Waals surface area contributed by atoms with E-state index in [0.29, 0.717) is 49.9 Å². The standard InChI is InChI=1S/C21H23ClN2O3/c22-18-14-23-10-6-19(18)27-17-7-11-24(15-17)20(25)21(8-12-26-13-9-21)16-4-2-1-3-5-16/h1-6,10,14,17H,7-9,11-13,15H2. The summed E-state index contributed by atoms with van der Waals surface area (Å²) in [5, 5.41) is 0.493. The van der Waals surface area contributed by atoms with E-state index in [1.807, 2.05) is 23.1 Å². The number of aromatic nitrogens is 1. The van der Waals surface area contributed by atoms with Crippen LogP contribution in [0.1, 0.15) is 24.8 Å². The number of likely N-dealkylation sites (tertiary alicyclic amines) is 1. The predicted molar refractivity (Wildman–Crippen MR) is 103 cm³/mol. The van der Waals surface area contributed by atoms with Crippen LogP contribution in [0.2, 0.25) is 5.02 Å². The summed E-state index contributed by atoms with van der Waals surface area (Å²) in [6.07, 6.45) is 5.40. The molecule has 1 aromatic carbocycles. The zero-order chi connectivity index (χ0) is 18.7. The molecule has 27 heavy (non-hydrogen) atoms. The van der Waals surface area contributed by atoms with Crippen molar-refractivity contribution >= 4 is 17.5 Å². The number of carbonyl (C=O) groups is 1. The molecule has 2 aliphatic rings. The molecule has 142 valence electrons. The maximum absolute atomic E-state index is 13.6. The van der Waals surface area contributed by atoms with Crippen molar-refractivity contribution in [3.8, 4) is 5.75 Å². The second-order valence-corrected chi connectivity index (χ2v) is 7.55. The summed E-state index contributed by atoms with van der Waals surface area (Å²) >= 11 is 6.14. The highest BCUT2D eigenvalue weighted by atomic mass is 35.5. The molecule has 2 aliphatic heterocycles. The van der Waals surface area contributed by atoms with Gasteiger partial charge in [0, 0.05) is 44.6 Å². The van der Waals surface area contributed by atoms with Gasteiger partial charge in [0.2, 0.25) is 5.91 Å². The van der Waals surface area contributed by atoms with Crippen LogP contribution in [0.15, 0.2) is 48.8 Å². The van der Waals surface area contributed by atoms with Gasteiger partial charge < -0.3 is 14.4 Å². The molecule has 5 nitrogen and oxygen atoms in total. The van der Waals surface area contributed by atoms with Crippen molar-refractivity contribution in [2.75, 3.05) is 26.3 Å². The van der Waals surface area contributed by atoms with Crippen molar-refractivity contribution in [2.24, 2.45) is 0 Å². The monoisotopic (exact) mass is 386 g/mol. The number of benzene rings is 1. The van der Waals surface area contributed by atoms with Gasteiger partial charge in [0.15, 0.2) is 0 Å². The normalized spacial score (nSPS) is 21.8. The molecule has 0 bridgehead atoms. The number of halogens is 1. The van der Waals surface area contributed by atoms with Crippen molar-refractivity contribution in [2.45, 2.75) is 30.8 Å². The molecule has 0 N–H and O–H groups in total. The second kappa shape index (κ2) is 7.87. The highest BCUT2D eigenvalue weighted by Crippen LogP contribution is 2.38. The first kappa shape index (κ1) is 18.3. The molecule has 0 spiro atoms. The zero-order valence-electron chi connectivity index (χ0n) is 15.1. The molecule has 1 amide bonds. The van der Waals surface area contributed by atoms with E-state index >= 15 is 0 Å². The third-order valence-electron chi connectivity index (χ3n) is 5.54. The summed E-state index contributed by atoms with van der Waals surface area (Å²) in [6, 6.07) is 11.9. The molecule has 2 aromatic rings. The SMILES string of the molecule is O=C(N1CCC(Oc2ccncc2Cl)C1)C1(c2ccccc2)CCOCC1. The van der Waals surface area contributed by atoms with Crippen LogP contribution in [0.3, 0.4) is 0 Å². The van der Waals surface area contributed by atoms with Crippen molar-refractivity contribution < 1.29 is 14.3 Å². The molecule has 1 aromatic heterocycles. The number of amides is 1. The Morgan fingerprint density at radius 2 is 2.00 bits per heavy atom. The van der Waals surface area contributed by atoms with Crippen LogP contribution < -0.4 is 4.74 Å². The Kier molecular flexibility index (Phi) is 5.32. The number of nitrogens with zero attached hydrogens (tertiary/aromatic N) is 2. The average molecular weight is 387 g/mol. The average Bonchev–Trinajstić information content (AvgIpc) is 3.19. The predicted octanol–water partition coefficient (Wildman–Crippen LogP) is 3.46. The van der Waals surface area contributed by atoms with Crippen LogP contribution in [-0.2, 0) is 14.9 Å². The van der Waals surface area contributed by atoms with Crippen LogP contribution in [0, 0.1) is 0 Å². The summed E-state index contributed by atoms with van der Waals surface area (Å²) in [5.41, 5.74) is 0.586. The molecule has 1 atom stereocenters. The molecule has 0 saturated carbocycles. The molecule has 1 unspecified atom stereocenters. The van der Waals surface area contributed by atoms with Gasteiger partial charge in [0.1, 0.15) is 16.9 Å². The van der Waals surface area contributed by atoms with Crippen LogP contribution in [-0.4, -0.2) is 48.2 Å². The summed E-state index contributed by atoms with van der Waals surface area (Å²) in [7, 11) is 0.